The minimum absolute atomic E-state index is 0.177. The van der Waals surface area contributed by atoms with E-state index in [9.17, 15) is 9.59 Å². The van der Waals surface area contributed by atoms with E-state index in [1.807, 2.05) is 31.2 Å². The van der Waals surface area contributed by atoms with Crippen LogP contribution in [-0.4, -0.2) is 11.8 Å². The maximum atomic E-state index is 13.2. The number of hydrogen-bond acceptors (Lipinski definition) is 4. The molecule has 0 unspecified atom stereocenters. The topological polar surface area (TPSA) is 71.3 Å². The first-order chi connectivity index (χ1) is 13.6. The molecule has 0 radical (unpaired) electrons. The number of hydrogen-bond donors (Lipinski definition) is 2. The third-order valence-electron chi connectivity index (χ3n) is 5.01. The Labute approximate surface area is 167 Å². The van der Waals surface area contributed by atoms with Gasteiger partial charge < -0.3 is 15.1 Å². The van der Waals surface area contributed by atoms with E-state index in [1.54, 1.807) is 12.1 Å². The molecule has 0 spiro atoms. The predicted molar refractivity (Wildman–Crippen MR) is 111 cm³/mol. The largest absolute Gasteiger partial charge is 0.459 e. The van der Waals surface area contributed by atoms with Gasteiger partial charge in [0.1, 0.15) is 5.00 Å². The molecule has 3 aromatic rings. The summed E-state index contributed by atoms with van der Waals surface area (Å²) in [5, 5.41) is 6.52. The summed E-state index contributed by atoms with van der Waals surface area (Å²) in [6.07, 6.45) is 6.59. The molecule has 1 aliphatic rings. The third-order valence-corrected chi connectivity index (χ3v) is 6.22. The molecule has 0 aliphatic heterocycles. The van der Waals surface area contributed by atoms with Crippen molar-refractivity contribution in [3.63, 3.8) is 0 Å². The number of carbonyl (C=O) groups excluding carboxylic acids is 2. The highest BCUT2D eigenvalue weighted by molar-refractivity contribution is 7.17. The number of carbonyl (C=O) groups is 2. The molecule has 1 aliphatic carbocycles. The maximum Gasteiger partial charge on any atom is 0.291 e. The van der Waals surface area contributed by atoms with Gasteiger partial charge in [-0.3, -0.25) is 9.59 Å². The van der Waals surface area contributed by atoms with Crippen LogP contribution in [0.2, 0.25) is 0 Å². The van der Waals surface area contributed by atoms with E-state index in [-0.39, 0.29) is 17.6 Å². The number of benzene rings is 1. The van der Waals surface area contributed by atoms with Gasteiger partial charge in [0.15, 0.2) is 5.76 Å². The van der Waals surface area contributed by atoms with E-state index in [0.717, 1.165) is 48.9 Å². The molecular formula is C22H22N2O3S. The van der Waals surface area contributed by atoms with Crippen molar-refractivity contribution in [2.45, 2.75) is 39.0 Å². The smallest absolute Gasteiger partial charge is 0.291 e. The number of aryl methyl sites for hydroxylation is 2. The van der Waals surface area contributed by atoms with Gasteiger partial charge in [-0.2, -0.15) is 0 Å². The lowest BCUT2D eigenvalue weighted by Crippen LogP contribution is -2.18. The SMILES string of the molecule is Cc1ccccc1NC(=O)c1c(NC(=O)c2ccco2)sc2c1CCCCC2. The molecule has 1 aromatic carbocycles. The molecule has 5 nitrogen and oxygen atoms in total. The van der Waals surface area contributed by atoms with Crippen LogP contribution in [0, 0.1) is 6.92 Å². The molecule has 0 bridgehead atoms. The van der Waals surface area contributed by atoms with Crippen LogP contribution < -0.4 is 10.6 Å². The van der Waals surface area contributed by atoms with Crippen LogP contribution in [0.5, 0.6) is 0 Å². The number of amides is 2. The molecule has 0 atom stereocenters. The van der Waals surface area contributed by atoms with Crippen molar-refractivity contribution in [1.29, 1.82) is 0 Å². The third kappa shape index (κ3) is 3.73. The van der Waals surface area contributed by atoms with Crippen LogP contribution in [0.4, 0.5) is 10.7 Å². The van der Waals surface area contributed by atoms with Gasteiger partial charge in [-0.25, -0.2) is 0 Å². The van der Waals surface area contributed by atoms with Crippen molar-refractivity contribution >= 4 is 33.8 Å². The molecule has 2 aromatic heterocycles. The van der Waals surface area contributed by atoms with Gasteiger partial charge in [-0.15, -0.1) is 11.3 Å². The molecule has 144 valence electrons. The number of thiophene rings is 1. The van der Waals surface area contributed by atoms with Crippen molar-refractivity contribution in [3.8, 4) is 0 Å². The monoisotopic (exact) mass is 394 g/mol. The van der Waals surface area contributed by atoms with Crippen LogP contribution in [0.3, 0.4) is 0 Å². The number of furan rings is 1. The van der Waals surface area contributed by atoms with E-state index in [1.165, 1.54) is 22.5 Å². The molecular weight excluding hydrogens is 372 g/mol. The minimum Gasteiger partial charge on any atom is -0.459 e. The summed E-state index contributed by atoms with van der Waals surface area (Å²) in [4.78, 5) is 26.9. The first-order valence-corrected chi connectivity index (χ1v) is 10.3. The fraction of sp³-hybridized carbons (Fsp3) is 0.273. The van der Waals surface area contributed by atoms with Gasteiger partial charge in [0.25, 0.3) is 11.8 Å². The number of para-hydroxylation sites is 1. The molecule has 4 rings (SSSR count). The zero-order chi connectivity index (χ0) is 19.5. The molecule has 28 heavy (non-hydrogen) atoms. The Morgan fingerprint density at radius 3 is 2.57 bits per heavy atom. The second-order valence-electron chi connectivity index (χ2n) is 6.97. The second kappa shape index (κ2) is 8.02. The lowest BCUT2D eigenvalue weighted by atomic mass is 10.0. The molecule has 2 heterocycles. The number of rotatable bonds is 4. The van der Waals surface area contributed by atoms with Crippen molar-refractivity contribution < 1.29 is 14.0 Å². The lowest BCUT2D eigenvalue weighted by Gasteiger charge is -2.11. The van der Waals surface area contributed by atoms with E-state index in [0.29, 0.717) is 10.6 Å². The van der Waals surface area contributed by atoms with Crippen LogP contribution in [-0.2, 0) is 12.8 Å². The fourth-order valence-corrected chi connectivity index (χ4v) is 4.82. The first kappa shape index (κ1) is 18.5. The number of nitrogens with one attached hydrogen (secondary N) is 2. The Hall–Kier alpha value is -2.86. The normalized spacial score (nSPS) is 13.5. The Morgan fingerprint density at radius 1 is 0.964 bits per heavy atom. The van der Waals surface area contributed by atoms with Crippen LogP contribution in [0.25, 0.3) is 0 Å². The zero-order valence-electron chi connectivity index (χ0n) is 15.7. The highest BCUT2D eigenvalue weighted by Gasteiger charge is 2.26. The van der Waals surface area contributed by atoms with Gasteiger partial charge in [-0.1, -0.05) is 24.6 Å². The molecule has 0 saturated heterocycles. The van der Waals surface area contributed by atoms with Crippen molar-refractivity contribution in [2.24, 2.45) is 0 Å². The minimum atomic E-state index is -0.341. The highest BCUT2D eigenvalue weighted by atomic mass is 32.1. The predicted octanol–water partition coefficient (Wildman–Crippen LogP) is 5.42. The van der Waals surface area contributed by atoms with Crippen molar-refractivity contribution in [1.82, 2.24) is 0 Å². The number of anilines is 2. The van der Waals surface area contributed by atoms with Gasteiger partial charge >= 0.3 is 0 Å². The average Bonchev–Trinajstić information content (AvgIpc) is 3.27. The fourth-order valence-electron chi connectivity index (χ4n) is 3.54. The summed E-state index contributed by atoms with van der Waals surface area (Å²) >= 11 is 1.51. The molecule has 0 saturated carbocycles. The molecule has 2 N–H and O–H groups in total. The summed E-state index contributed by atoms with van der Waals surface area (Å²) in [6, 6.07) is 11.0. The highest BCUT2D eigenvalue weighted by Crippen LogP contribution is 2.38. The molecule has 6 heteroatoms. The van der Waals surface area contributed by atoms with Gasteiger partial charge in [0, 0.05) is 10.6 Å². The Balaban J connectivity index is 1.69. The standard InChI is InChI=1S/C22H22N2O3S/c1-14-8-5-6-10-16(14)23-21(26)19-15-9-3-2-4-12-18(15)28-22(19)24-20(25)17-11-7-13-27-17/h5-8,10-11,13H,2-4,9,12H2,1H3,(H,23,26)(H,24,25). The van der Waals surface area contributed by atoms with Crippen molar-refractivity contribution in [2.75, 3.05) is 10.6 Å². The second-order valence-corrected chi connectivity index (χ2v) is 8.07. The average molecular weight is 394 g/mol. The molecule has 0 fully saturated rings. The first-order valence-electron chi connectivity index (χ1n) is 9.50. The summed E-state index contributed by atoms with van der Waals surface area (Å²) in [7, 11) is 0. The summed E-state index contributed by atoms with van der Waals surface area (Å²) in [5.74, 6) is -0.288. The van der Waals surface area contributed by atoms with Crippen molar-refractivity contribution in [3.05, 3.63) is 70.0 Å². The number of fused-ring (bicyclic) bond motifs is 1. The van der Waals surface area contributed by atoms with E-state index in [4.69, 9.17) is 4.42 Å². The Morgan fingerprint density at radius 2 is 1.79 bits per heavy atom. The summed E-state index contributed by atoms with van der Waals surface area (Å²) < 4.78 is 5.19. The zero-order valence-corrected chi connectivity index (χ0v) is 16.5. The van der Waals surface area contributed by atoms with Crippen LogP contribution in [0.15, 0.2) is 47.1 Å². The lowest BCUT2D eigenvalue weighted by molar-refractivity contribution is 0.0997. The van der Waals surface area contributed by atoms with E-state index >= 15 is 0 Å². The van der Waals surface area contributed by atoms with Gasteiger partial charge in [0.05, 0.1) is 11.8 Å². The quantitative estimate of drug-likeness (QED) is 0.580. The van der Waals surface area contributed by atoms with Gasteiger partial charge in [-0.05, 0) is 61.9 Å². The summed E-state index contributed by atoms with van der Waals surface area (Å²) in [6.45, 7) is 1.96. The molecule has 2 amide bonds. The summed E-state index contributed by atoms with van der Waals surface area (Å²) in [5.41, 5.74) is 3.44. The van der Waals surface area contributed by atoms with Crippen LogP contribution in [0.1, 0.15) is 56.2 Å². The Kier molecular flexibility index (Phi) is 5.30. The Bertz CT molecular complexity index is 1000. The van der Waals surface area contributed by atoms with Crippen LogP contribution >= 0.6 is 11.3 Å². The van der Waals surface area contributed by atoms with Gasteiger partial charge in [0.2, 0.25) is 0 Å². The van der Waals surface area contributed by atoms with E-state index < -0.39 is 0 Å². The van der Waals surface area contributed by atoms with E-state index in [2.05, 4.69) is 10.6 Å². The maximum absolute atomic E-state index is 13.2.